The monoisotopic (exact) mass is 296 g/mol. The van der Waals surface area contributed by atoms with Crippen molar-refractivity contribution in [2.24, 2.45) is 11.1 Å². The van der Waals surface area contributed by atoms with E-state index in [2.05, 4.69) is 24.8 Å². The fourth-order valence-electron chi connectivity index (χ4n) is 2.79. The average molecular weight is 296 g/mol. The highest BCUT2D eigenvalue weighted by Crippen LogP contribution is 2.24. The molecule has 0 saturated carbocycles. The number of carbonyl (C=O) groups is 1. The first-order valence-electron chi connectivity index (χ1n) is 7.50. The summed E-state index contributed by atoms with van der Waals surface area (Å²) in [5, 5.41) is 8.72. The summed E-state index contributed by atoms with van der Waals surface area (Å²) in [5.74, 6) is -0.317. The topological polar surface area (TPSA) is 82.6 Å². The number of hydrogen-bond acceptors (Lipinski definition) is 5. The van der Waals surface area contributed by atoms with Crippen molar-refractivity contribution in [2.45, 2.75) is 32.8 Å². The molecule has 1 fully saturated rings. The van der Waals surface area contributed by atoms with E-state index in [9.17, 15) is 4.79 Å². The fourth-order valence-corrected chi connectivity index (χ4v) is 2.79. The Labute approximate surface area is 127 Å². The summed E-state index contributed by atoms with van der Waals surface area (Å²) >= 11 is 0. The Morgan fingerprint density at radius 2 is 2.29 bits per heavy atom. The van der Waals surface area contributed by atoms with Crippen LogP contribution in [0.25, 0.3) is 0 Å². The second-order valence-electron chi connectivity index (χ2n) is 6.71. The van der Waals surface area contributed by atoms with E-state index in [1.807, 2.05) is 11.9 Å². The number of hydrogen-bond donors (Lipinski definition) is 1. The lowest BCUT2D eigenvalue weighted by molar-refractivity contribution is -0.119. The van der Waals surface area contributed by atoms with Crippen LogP contribution in [-0.2, 0) is 9.53 Å². The van der Waals surface area contributed by atoms with Crippen LogP contribution in [0.1, 0.15) is 26.7 Å². The third-order valence-corrected chi connectivity index (χ3v) is 3.73. The van der Waals surface area contributed by atoms with Gasteiger partial charge in [0.05, 0.1) is 25.3 Å². The molecule has 1 amide bonds. The summed E-state index contributed by atoms with van der Waals surface area (Å²) in [6, 6.07) is 2.22. The largest absolute Gasteiger partial charge is 0.374 e. The van der Waals surface area contributed by atoms with Crippen molar-refractivity contribution in [1.29, 1.82) is 5.26 Å². The first kappa shape index (κ1) is 17.9. The van der Waals surface area contributed by atoms with E-state index in [-0.39, 0.29) is 24.0 Å². The van der Waals surface area contributed by atoms with Gasteiger partial charge < -0.3 is 10.5 Å². The van der Waals surface area contributed by atoms with E-state index >= 15 is 0 Å². The number of nitriles is 1. The van der Waals surface area contributed by atoms with Gasteiger partial charge >= 0.3 is 0 Å². The van der Waals surface area contributed by atoms with Crippen LogP contribution in [0.15, 0.2) is 0 Å². The molecule has 21 heavy (non-hydrogen) atoms. The number of primary amides is 1. The number of rotatable bonds is 8. The molecule has 0 aromatic heterocycles. The van der Waals surface area contributed by atoms with Gasteiger partial charge in [-0.15, -0.1) is 0 Å². The lowest BCUT2D eigenvalue weighted by atomic mass is 9.87. The van der Waals surface area contributed by atoms with E-state index < -0.39 is 0 Å². The molecule has 1 atom stereocenters. The fraction of sp³-hybridized carbons (Fsp3) is 0.867. The zero-order valence-electron chi connectivity index (χ0n) is 13.5. The maximum absolute atomic E-state index is 10.9. The third kappa shape index (κ3) is 7.42. The van der Waals surface area contributed by atoms with Crippen molar-refractivity contribution in [1.82, 2.24) is 9.80 Å². The third-order valence-electron chi connectivity index (χ3n) is 3.73. The smallest absolute Gasteiger partial charge is 0.231 e. The van der Waals surface area contributed by atoms with E-state index in [1.54, 1.807) is 0 Å². The Balaban J connectivity index is 2.41. The minimum atomic E-state index is -0.317. The van der Waals surface area contributed by atoms with Crippen LogP contribution >= 0.6 is 0 Å². The van der Waals surface area contributed by atoms with Gasteiger partial charge in [0, 0.05) is 32.6 Å². The Kier molecular flexibility index (Phi) is 7.09. The van der Waals surface area contributed by atoms with Crippen LogP contribution in [0, 0.1) is 16.7 Å². The molecule has 1 saturated heterocycles. The van der Waals surface area contributed by atoms with Crippen LogP contribution in [0.4, 0.5) is 0 Å². The molecule has 1 rings (SSSR count). The van der Waals surface area contributed by atoms with Crippen LogP contribution in [0.5, 0.6) is 0 Å². The molecule has 0 radical (unpaired) electrons. The molecule has 0 aromatic rings. The second kappa shape index (κ2) is 8.32. The van der Waals surface area contributed by atoms with Crippen LogP contribution in [0.3, 0.4) is 0 Å². The second-order valence-corrected chi connectivity index (χ2v) is 6.71. The normalized spacial score (nSPS) is 20.4. The van der Waals surface area contributed by atoms with Gasteiger partial charge in [0.1, 0.15) is 0 Å². The van der Waals surface area contributed by atoms with Crippen molar-refractivity contribution in [3.05, 3.63) is 0 Å². The van der Waals surface area contributed by atoms with E-state index in [1.165, 1.54) is 0 Å². The minimum absolute atomic E-state index is 0.106. The number of nitrogens with zero attached hydrogens (tertiary/aromatic N) is 3. The molecule has 6 nitrogen and oxygen atoms in total. The molecule has 2 N–H and O–H groups in total. The molecule has 0 aromatic carbocycles. The van der Waals surface area contributed by atoms with Gasteiger partial charge in [-0.05, 0) is 18.9 Å². The Morgan fingerprint density at radius 1 is 1.57 bits per heavy atom. The summed E-state index contributed by atoms with van der Waals surface area (Å²) in [6.45, 7) is 8.83. The number of amides is 1. The van der Waals surface area contributed by atoms with Gasteiger partial charge in [-0.25, -0.2) is 0 Å². The summed E-state index contributed by atoms with van der Waals surface area (Å²) in [5.41, 5.74) is 5.33. The van der Waals surface area contributed by atoms with Gasteiger partial charge in [-0.1, -0.05) is 13.8 Å². The molecule has 0 unspecified atom stereocenters. The number of ether oxygens (including phenoxy) is 1. The van der Waals surface area contributed by atoms with Gasteiger partial charge in [0.25, 0.3) is 0 Å². The summed E-state index contributed by atoms with van der Waals surface area (Å²) < 4.78 is 5.77. The molecule has 1 aliphatic rings. The van der Waals surface area contributed by atoms with Crippen LogP contribution in [0.2, 0.25) is 0 Å². The van der Waals surface area contributed by atoms with Gasteiger partial charge in [0.2, 0.25) is 5.91 Å². The molecule has 0 bridgehead atoms. The van der Waals surface area contributed by atoms with E-state index in [0.29, 0.717) is 19.6 Å². The lowest BCUT2D eigenvalue weighted by Gasteiger charge is -2.38. The quantitative estimate of drug-likeness (QED) is 0.702. The highest BCUT2D eigenvalue weighted by Gasteiger charge is 2.27. The SMILES string of the molecule is CN(CC(N)=O)C[C@@H]1CN(CC(C)(C)CCC#N)CCO1. The number of nitrogens with two attached hydrogens (primary N) is 1. The minimum Gasteiger partial charge on any atom is -0.374 e. The van der Waals surface area contributed by atoms with Crippen molar-refractivity contribution in [3.63, 3.8) is 0 Å². The maximum Gasteiger partial charge on any atom is 0.231 e. The molecule has 1 aliphatic heterocycles. The first-order chi connectivity index (χ1) is 9.82. The van der Waals surface area contributed by atoms with Gasteiger partial charge in [-0.3, -0.25) is 14.6 Å². The zero-order valence-corrected chi connectivity index (χ0v) is 13.5. The lowest BCUT2D eigenvalue weighted by Crippen LogP contribution is -2.50. The predicted molar refractivity (Wildman–Crippen MR) is 81.5 cm³/mol. The predicted octanol–water partition coefficient (Wildman–Crippen LogP) is 0.434. The first-order valence-corrected chi connectivity index (χ1v) is 7.50. The Bertz CT molecular complexity index is 378. The maximum atomic E-state index is 10.9. The number of morpholine rings is 1. The summed E-state index contributed by atoms with van der Waals surface area (Å²) in [6.07, 6.45) is 1.62. The molecular formula is C15H28N4O2. The van der Waals surface area contributed by atoms with E-state index in [4.69, 9.17) is 15.7 Å². The zero-order chi connectivity index (χ0) is 15.9. The van der Waals surface area contributed by atoms with Crippen molar-refractivity contribution in [3.8, 4) is 6.07 Å². The van der Waals surface area contributed by atoms with Gasteiger partial charge in [-0.2, -0.15) is 5.26 Å². The number of carbonyl (C=O) groups excluding carboxylic acids is 1. The number of likely N-dealkylation sites (N-methyl/N-ethyl adjacent to an activating group) is 1. The van der Waals surface area contributed by atoms with Crippen molar-refractivity contribution >= 4 is 5.91 Å². The standard InChI is InChI=1S/C15H28N4O2/c1-15(2,5-4-6-16)12-19-7-8-21-13(10-19)9-18(3)11-14(17)20/h13H,4-5,7-12H2,1-3H3,(H2,17,20)/t13-/m1/s1. The average Bonchev–Trinajstić information content (AvgIpc) is 2.35. The highest BCUT2D eigenvalue weighted by molar-refractivity contribution is 5.75. The van der Waals surface area contributed by atoms with Crippen LogP contribution < -0.4 is 5.73 Å². The highest BCUT2D eigenvalue weighted by atomic mass is 16.5. The van der Waals surface area contributed by atoms with Crippen molar-refractivity contribution < 1.29 is 9.53 Å². The summed E-state index contributed by atoms with van der Waals surface area (Å²) in [4.78, 5) is 15.2. The Morgan fingerprint density at radius 3 is 2.90 bits per heavy atom. The molecular weight excluding hydrogens is 268 g/mol. The molecule has 0 aliphatic carbocycles. The van der Waals surface area contributed by atoms with Crippen molar-refractivity contribution in [2.75, 3.05) is 46.4 Å². The molecule has 0 spiro atoms. The van der Waals surface area contributed by atoms with E-state index in [0.717, 1.165) is 26.1 Å². The molecule has 120 valence electrons. The molecule has 1 heterocycles. The summed E-state index contributed by atoms with van der Waals surface area (Å²) in [7, 11) is 1.88. The Hall–Kier alpha value is -1.16. The molecule has 6 heteroatoms. The van der Waals surface area contributed by atoms with Gasteiger partial charge in [0.15, 0.2) is 0 Å². The van der Waals surface area contributed by atoms with Crippen LogP contribution in [-0.4, -0.2) is 68.2 Å².